The Labute approximate surface area is 118 Å². The van der Waals surface area contributed by atoms with Gasteiger partial charge < -0.3 is 4.74 Å². The van der Waals surface area contributed by atoms with Crippen LogP contribution in [0.25, 0.3) is 0 Å². The molecule has 0 spiro atoms. The summed E-state index contributed by atoms with van der Waals surface area (Å²) in [5, 5.41) is 0. The molecule has 0 saturated carbocycles. The first-order valence-corrected chi connectivity index (χ1v) is 7.14. The zero-order valence-electron chi connectivity index (χ0n) is 10.0. The summed E-state index contributed by atoms with van der Waals surface area (Å²) in [6.45, 7) is 7.41. The van der Waals surface area contributed by atoms with Crippen LogP contribution >= 0.6 is 35.2 Å². The van der Waals surface area contributed by atoms with Crippen molar-refractivity contribution in [1.82, 2.24) is 0 Å². The molecular formula is C13H19IOS. The fourth-order valence-corrected chi connectivity index (χ4v) is 2.50. The van der Waals surface area contributed by atoms with E-state index < -0.39 is 0 Å². The summed E-state index contributed by atoms with van der Waals surface area (Å²) in [4.78, 5) is 0. The van der Waals surface area contributed by atoms with E-state index in [1.54, 1.807) is 0 Å². The molecule has 3 heteroatoms. The number of thiol groups is 1. The molecule has 0 fully saturated rings. The molecule has 0 aromatic heterocycles. The lowest BCUT2D eigenvalue weighted by Gasteiger charge is -2.29. The summed E-state index contributed by atoms with van der Waals surface area (Å²) >= 11 is 6.69. The molecule has 1 aromatic carbocycles. The van der Waals surface area contributed by atoms with Gasteiger partial charge in [-0.15, -0.1) is 0 Å². The van der Waals surface area contributed by atoms with Crippen LogP contribution in [0.2, 0.25) is 0 Å². The Morgan fingerprint density at radius 2 is 2.06 bits per heavy atom. The molecule has 0 bridgehead atoms. The molecule has 0 radical (unpaired) electrons. The van der Waals surface area contributed by atoms with Crippen LogP contribution in [0.1, 0.15) is 20.8 Å². The Hall–Kier alpha value is 0.100. The molecule has 90 valence electrons. The summed E-state index contributed by atoms with van der Waals surface area (Å²) in [7, 11) is 0. The highest BCUT2D eigenvalue weighted by Crippen LogP contribution is 2.27. The number of halogens is 1. The maximum atomic E-state index is 5.81. The van der Waals surface area contributed by atoms with Crippen molar-refractivity contribution in [1.29, 1.82) is 0 Å². The summed E-state index contributed by atoms with van der Waals surface area (Å²) in [5.74, 6) is 2.27. The van der Waals surface area contributed by atoms with Gasteiger partial charge >= 0.3 is 0 Å². The van der Waals surface area contributed by atoms with Crippen molar-refractivity contribution >= 4 is 35.2 Å². The number of hydrogen-bond donors (Lipinski definition) is 1. The van der Waals surface area contributed by atoms with E-state index in [0.29, 0.717) is 5.92 Å². The van der Waals surface area contributed by atoms with Gasteiger partial charge in [0, 0.05) is 9.49 Å². The number of benzene rings is 1. The normalized spacial score (nSPS) is 13.6. The van der Waals surface area contributed by atoms with Gasteiger partial charge in [0.05, 0.1) is 6.61 Å². The first-order chi connectivity index (χ1) is 7.43. The van der Waals surface area contributed by atoms with Crippen molar-refractivity contribution in [3.63, 3.8) is 0 Å². The van der Waals surface area contributed by atoms with Crippen LogP contribution in [0.15, 0.2) is 24.3 Å². The first kappa shape index (κ1) is 14.2. The number of rotatable bonds is 4. The molecule has 16 heavy (non-hydrogen) atoms. The third-order valence-corrected chi connectivity index (χ3v) is 3.80. The fourth-order valence-electron chi connectivity index (χ4n) is 1.33. The Bertz CT molecular complexity index is 333. The molecule has 1 rings (SSSR count). The molecule has 1 nitrogen and oxygen atoms in total. The smallest absolute Gasteiger partial charge is 0.120 e. The van der Waals surface area contributed by atoms with Crippen molar-refractivity contribution in [3.8, 4) is 5.75 Å². The second-order valence-electron chi connectivity index (χ2n) is 5.01. The minimum absolute atomic E-state index is 0.240. The van der Waals surface area contributed by atoms with Crippen molar-refractivity contribution in [2.24, 2.45) is 11.3 Å². The van der Waals surface area contributed by atoms with E-state index in [-0.39, 0.29) is 5.41 Å². The van der Waals surface area contributed by atoms with Gasteiger partial charge in [0.2, 0.25) is 0 Å². The predicted molar refractivity (Wildman–Crippen MR) is 81.5 cm³/mol. The minimum Gasteiger partial charge on any atom is -0.493 e. The summed E-state index contributed by atoms with van der Waals surface area (Å²) in [6.07, 6.45) is 0. The number of hydrogen-bond acceptors (Lipinski definition) is 2. The second kappa shape index (κ2) is 6.15. The van der Waals surface area contributed by atoms with E-state index in [9.17, 15) is 0 Å². The third-order valence-electron chi connectivity index (χ3n) is 2.69. The van der Waals surface area contributed by atoms with Crippen LogP contribution in [0.5, 0.6) is 5.75 Å². The molecule has 0 aliphatic rings. The van der Waals surface area contributed by atoms with Crippen molar-refractivity contribution in [2.45, 2.75) is 20.8 Å². The SMILES string of the molecule is CC(C)(C)C(CS)COc1cccc(I)c1. The van der Waals surface area contributed by atoms with Crippen molar-refractivity contribution in [3.05, 3.63) is 27.8 Å². The number of ether oxygens (including phenoxy) is 1. The van der Waals surface area contributed by atoms with E-state index >= 15 is 0 Å². The van der Waals surface area contributed by atoms with E-state index in [2.05, 4.69) is 68.1 Å². The van der Waals surface area contributed by atoms with E-state index in [1.165, 1.54) is 3.57 Å². The predicted octanol–water partition coefficient (Wildman–Crippen LogP) is 4.26. The van der Waals surface area contributed by atoms with Crippen LogP contribution < -0.4 is 4.74 Å². The maximum absolute atomic E-state index is 5.81. The lowest BCUT2D eigenvalue weighted by molar-refractivity contribution is 0.165. The molecule has 0 aliphatic heterocycles. The quantitative estimate of drug-likeness (QED) is 0.631. The third kappa shape index (κ3) is 4.53. The largest absolute Gasteiger partial charge is 0.493 e. The van der Waals surface area contributed by atoms with E-state index in [4.69, 9.17) is 4.74 Å². The Balaban J connectivity index is 2.56. The molecule has 1 atom stereocenters. The van der Waals surface area contributed by atoms with Crippen LogP contribution in [0.4, 0.5) is 0 Å². The highest BCUT2D eigenvalue weighted by molar-refractivity contribution is 14.1. The van der Waals surface area contributed by atoms with Gasteiger partial charge in [0.25, 0.3) is 0 Å². The summed E-state index contributed by atoms with van der Waals surface area (Å²) < 4.78 is 7.01. The lowest BCUT2D eigenvalue weighted by atomic mass is 9.82. The molecule has 0 aliphatic carbocycles. The monoisotopic (exact) mass is 350 g/mol. The van der Waals surface area contributed by atoms with Gasteiger partial charge in [0.1, 0.15) is 5.75 Å². The van der Waals surface area contributed by atoms with E-state index in [0.717, 1.165) is 18.1 Å². The van der Waals surface area contributed by atoms with Gasteiger partial charge in [-0.05, 0) is 52.0 Å². The average Bonchev–Trinajstić information content (AvgIpc) is 2.16. The Morgan fingerprint density at radius 3 is 2.56 bits per heavy atom. The highest BCUT2D eigenvalue weighted by atomic mass is 127. The maximum Gasteiger partial charge on any atom is 0.120 e. The topological polar surface area (TPSA) is 9.23 Å². The van der Waals surface area contributed by atoms with Crippen LogP contribution in [-0.4, -0.2) is 12.4 Å². The summed E-state index contributed by atoms with van der Waals surface area (Å²) in [6, 6.07) is 8.14. The van der Waals surface area contributed by atoms with Gasteiger partial charge in [0.15, 0.2) is 0 Å². The lowest BCUT2D eigenvalue weighted by Crippen LogP contribution is -2.28. The van der Waals surface area contributed by atoms with Gasteiger partial charge in [-0.1, -0.05) is 26.8 Å². The Morgan fingerprint density at radius 1 is 1.38 bits per heavy atom. The minimum atomic E-state index is 0.240. The second-order valence-corrected chi connectivity index (χ2v) is 6.62. The molecule has 0 N–H and O–H groups in total. The van der Waals surface area contributed by atoms with Crippen LogP contribution in [0.3, 0.4) is 0 Å². The first-order valence-electron chi connectivity index (χ1n) is 5.42. The zero-order chi connectivity index (χ0) is 12.2. The van der Waals surface area contributed by atoms with Gasteiger partial charge in [-0.3, -0.25) is 0 Å². The molecule has 0 heterocycles. The Kier molecular flexibility index (Phi) is 5.44. The molecule has 0 saturated heterocycles. The highest BCUT2D eigenvalue weighted by Gasteiger charge is 2.23. The zero-order valence-corrected chi connectivity index (χ0v) is 13.1. The molecule has 1 unspecified atom stereocenters. The van der Waals surface area contributed by atoms with Crippen molar-refractivity contribution in [2.75, 3.05) is 12.4 Å². The van der Waals surface area contributed by atoms with Crippen molar-refractivity contribution < 1.29 is 4.74 Å². The van der Waals surface area contributed by atoms with Gasteiger partial charge in [-0.25, -0.2) is 0 Å². The average molecular weight is 350 g/mol. The van der Waals surface area contributed by atoms with E-state index in [1.807, 2.05) is 12.1 Å². The molecule has 1 aromatic rings. The fraction of sp³-hybridized carbons (Fsp3) is 0.538. The summed E-state index contributed by atoms with van der Waals surface area (Å²) in [5.41, 5.74) is 0.240. The van der Waals surface area contributed by atoms with Crippen LogP contribution in [0, 0.1) is 14.9 Å². The van der Waals surface area contributed by atoms with Crippen LogP contribution in [-0.2, 0) is 0 Å². The molecule has 0 amide bonds. The standard InChI is InChI=1S/C13H19IOS/c1-13(2,3)10(9-16)8-15-12-6-4-5-11(14)7-12/h4-7,10,16H,8-9H2,1-3H3. The van der Waals surface area contributed by atoms with Gasteiger partial charge in [-0.2, -0.15) is 12.6 Å². The molecular weight excluding hydrogens is 331 g/mol.